The lowest BCUT2D eigenvalue weighted by molar-refractivity contribution is -0.138. The van der Waals surface area contributed by atoms with Gasteiger partial charge in [0.05, 0.1) is 6.10 Å². The molecule has 0 spiro atoms. The second kappa shape index (κ2) is 4.93. The van der Waals surface area contributed by atoms with E-state index >= 15 is 0 Å². The largest absolute Gasteiger partial charge is 0.393 e. The number of hydrogen-bond acceptors (Lipinski definition) is 4. The van der Waals surface area contributed by atoms with Gasteiger partial charge in [0.1, 0.15) is 0 Å². The molecule has 0 saturated carbocycles. The summed E-state index contributed by atoms with van der Waals surface area (Å²) < 4.78 is 0. The molecule has 0 aromatic heterocycles. The van der Waals surface area contributed by atoms with Gasteiger partial charge in [0.2, 0.25) is 11.8 Å². The highest BCUT2D eigenvalue weighted by atomic mass is 16.3. The average molecular weight is 226 g/mol. The van der Waals surface area contributed by atoms with Crippen LogP contribution in [0, 0.1) is 0 Å². The number of hydrogen-bond donors (Lipinski definition) is 1. The highest BCUT2D eigenvalue weighted by Crippen LogP contribution is 2.13. The first-order valence-electron chi connectivity index (χ1n) is 5.90. The minimum atomic E-state index is -0.175. The number of amides is 2. The molecule has 0 bridgehead atoms. The number of nitrogens with zero attached hydrogens (tertiary/aromatic N) is 2. The number of likely N-dealkylation sites (tertiary alicyclic amines) is 2. The van der Waals surface area contributed by atoms with Crippen LogP contribution in [0.1, 0.15) is 25.7 Å². The lowest BCUT2D eigenvalue weighted by Crippen LogP contribution is -2.42. The van der Waals surface area contributed by atoms with E-state index in [2.05, 4.69) is 4.90 Å². The van der Waals surface area contributed by atoms with E-state index in [1.807, 2.05) is 0 Å². The Kier molecular flexibility index (Phi) is 3.56. The molecule has 0 aromatic carbocycles. The molecular weight excluding hydrogens is 208 g/mol. The quantitative estimate of drug-likeness (QED) is 0.665. The van der Waals surface area contributed by atoms with Crippen LogP contribution < -0.4 is 0 Å². The number of rotatable bonds is 3. The fraction of sp³-hybridized carbons (Fsp3) is 0.818. The zero-order valence-corrected chi connectivity index (χ0v) is 9.39. The van der Waals surface area contributed by atoms with Crippen molar-refractivity contribution in [2.45, 2.75) is 31.8 Å². The molecule has 2 saturated heterocycles. The third-order valence-electron chi connectivity index (χ3n) is 3.35. The Morgan fingerprint density at radius 3 is 2.19 bits per heavy atom. The van der Waals surface area contributed by atoms with Crippen LogP contribution in [0.25, 0.3) is 0 Å². The Hall–Kier alpha value is -0.940. The van der Waals surface area contributed by atoms with E-state index in [1.165, 1.54) is 4.90 Å². The summed E-state index contributed by atoms with van der Waals surface area (Å²) in [5.74, 6) is -0.0795. The molecule has 0 radical (unpaired) electrons. The maximum atomic E-state index is 11.4. The van der Waals surface area contributed by atoms with Crippen molar-refractivity contribution < 1.29 is 14.7 Å². The smallest absolute Gasteiger partial charge is 0.229 e. The maximum Gasteiger partial charge on any atom is 0.229 e. The van der Waals surface area contributed by atoms with Gasteiger partial charge < -0.3 is 10.0 Å². The number of carbonyl (C=O) groups excluding carboxylic acids is 2. The molecule has 2 fully saturated rings. The Morgan fingerprint density at radius 2 is 1.62 bits per heavy atom. The van der Waals surface area contributed by atoms with Crippen LogP contribution in [-0.2, 0) is 9.59 Å². The molecule has 5 nitrogen and oxygen atoms in total. The molecule has 0 atom stereocenters. The van der Waals surface area contributed by atoms with Crippen LogP contribution in [0.15, 0.2) is 0 Å². The van der Waals surface area contributed by atoms with Crippen molar-refractivity contribution in [1.29, 1.82) is 0 Å². The standard InChI is InChI=1S/C11H18N2O3/c14-9-3-5-12(6-4-9)7-8-13-10(15)1-2-11(13)16/h9,14H,1-8H2. The molecule has 2 rings (SSSR count). The number of aliphatic hydroxyl groups excluding tert-OH is 1. The maximum absolute atomic E-state index is 11.4. The van der Waals surface area contributed by atoms with Crippen LogP contribution in [0.5, 0.6) is 0 Å². The van der Waals surface area contributed by atoms with Crippen molar-refractivity contribution >= 4 is 11.8 Å². The second-order valence-electron chi connectivity index (χ2n) is 4.51. The fourth-order valence-electron chi connectivity index (χ4n) is 2.26. The van der Waals surface area contributed by atoms with Crippen LogP contribution >= 0.6 is 0 Å². The van der Waals surface area contributed by atoms with Gasteiger partial charge in [-0.2, -0.15) is 0 Å². The van der Waals surface area contributed by atoms with Crippen molar-refractivity contribution in [3.63, 3.8) is 0 Å². The summed E-state index contributed by atoms with van der Waals surface area (Å²) in [4.78, 5) is 26.3. The third kappa shape index (κ3) is 2.59. The predicted octanol–water partition coefficient (Wildman–Crippen LogP) is -0.408. The monoisotopic (exact) mass is 226 g/mol. The molecule has 16 heavy (non-hydrogen) atoms. The van der Waals surface area contributed by atoms with Crippen LogP contribution in [0.3, 0.4) is 0 Å². The van der Waals surface area contributed by atoms with Gasteiger partial charge in [-0.05, 0) is 12.8 Å². The Balaban J connectivity index is 1.75. The zero-order valence-electron chi connectivity index (χ0n) is 9.39. The molecule has 90 valence electrons. The predicted molar refractivity (Wildman–Crippen MR) is 57.6 cm³/mol. The number of carbonyl (C=O) groups is 2. The summed E-state index contributed by atoms with van der Waals surface area (Å²) >= 11 is 0. The van der Waals surface area contributed by atoms with E-state index in [1.54, 1.807) is 0 Å². The highest BCUT2D eigenvalue weighted by molar-refractivity contribution is 6.01. The topological polar surface area (TPSA) is 60.9 Å². The van der Waals surface area contributed by atoms with E-state index in [9.17, 15) is 14.7 Å². The molecule has 2 amide bonds. The molecule has 2 heterocycles. The number of aliphatic hydroxyl groups is 1. The molecule has 2 aliphatic heterocycles. The van der Waals surface area contributed by atoms with Gasteiger partial charge in [-0.25, -0.2) is 0 Å². The van der Waals surface area contributed by atoms with Gasteiger partial charge in [0.25, 0.3) is 0 Å². The second-order valence-corrected chi connectivity index (χ2v) is 4.51. The SMILES string of the molecule is O=C1CCC(=O)N1CCN1CCC(O)CC1. The van der Waals surface area contributed by atoms with E-state index in [0.29, 0.717) is 19.4 Å². The van der Waals surface area contributed by atoms with Gasteiger partial charge in [-0.15, -0.1) is 0 Å². The molecular formula is C11H18N2O3. The van der Waals surface area contributed by atoms with Crippen LogP contribution in [0.4, 0.5) is 0 Å². The average Bonchev–Trinajstić information content (AvgIpc) is 2.59. The first kappa shape index (κ1) is 11.5. The summed E-state index contributed by atoms with van der Waals surface area (Å²) in [5, 5.41) is 9.35. The number of imide groups is 1. The van der Waals surface area contributed by atoms with E-state index < -0.39 is 0 Å². The van der Waals surface area contributed by atoms with E-state index in [-0.39, 0.29) is 17.9 Å². The van der Waals surface area contributed by atoms with Gasteiger partial charge >= 0.3 is 0 Å². The highest BCUT2D eigenvalue weighted by Gasteiger charge is 2.29. The fourth-order valence-corrected chi connectivity index (χ4v) is 2.26. The zero-order chi connectivity index (χ0) is 11.5. The van der Waals surface area contributed by atoms with Crippen LogP contribution in [0.2, 0.25) is 0 Å². The summed E-state index contributed by atoms with van der Waals surface area (Å²) in [6.45, 7) is 2.97. The van der Waals surface area contributed by atoms with Gasteiger partial charge in [0.15, 0.2) is 0 Å². The first-order valence-corrected chi connectivity index (χ1v) is 5.90. The minimum absolute atomic E-state index is 0.0398. The summed E-state index contributed by atoms with van der Waals surface area (Å²) in [6, 6.07) is 0. The van der Waals surface area contributed by atoms with Crippen molar-refractivity contribution in [2.75, 3.05) is 26.2 Å². The van der Waals surface area contributed by atoms with Crippen molar-refractivity contribution in [2.24, 2.45) is 0 Å². The van der Waals surface area contributed by atoms with Crippen molar-refractivity contribution in [3.8, 4) is 0 Å². The summed E-state index contributed by atoms with van der Waals surface area (Å²) in [7, 11) is 0. The molecule has 0 unspecified atom stereocenters. The lowest BCUT2D eigenvalue weighted by atomic mass is 10.1. The van der Waals surface area contributed by atoms with E-state index in [4.69, 9.17) is 0 Å². The molecule has 2 aliphatic rings. The summed E-state index contributed by atoms with van der Waals surface area (Å²) in [6.07, 6.45) is 2.16. The van der Waals surface area contributed by atoms with Crippen molar-refractivity contribution in [3.05, 3.63) is 0 Å². The lowest BCUT2D eigenvalue weighted by Gasteiger charge is -2.30. The number of piperidine rings is 1. The third-order valence-corrected chi connectivity index (χ3v) is 3.35. The molecule has 5 heteroatoms. The Labute approximate surface area is 95.0 Å². The molecule has 1 N–H and O–H groups in total. The first-order chi connectivity index (χ1) is 7.66. The Bertz CT molecular complexity index is 269. The van der Waals surface area contributed by atoms with Gasteiger partial charge in [-0.3, -0.25) is 14.5 Å². The summed E-state index contributed by atoms with van der Waals surface area (Å²) in [5.41, 5.74) is 0. The minimum Gasteiger partial charge on any atom is -0.393 e. The van der Waals surface area contributed by atoms with Gasteiger partial charge in [0, 0.05) is 39.0 Å². The van der Waals surface area contributed by atoms with Crippen LogP contribution in [-0.4, -0.2) is 59.0 Å². The van der Waals surface area contributed by atoms with Crippen molar-refractivity contribution in [1.82, 2.24) is 9.80 Å². The van der Waals surface area contributed by atoms with Gasteiger partial charge in [-0.1, -0.05) is 0 Å². The molecule has 0 aliphatic carbocycles. The Morgan fingerprint density at radius 1 is 1.06 bits per heavy atom. The van der Waals surface area contributed by atoms with E-state index in [0.717, 1.165) is 32.5 Å². The normalized spacial score (nSPS) is 24.4. The molecule has 0 aromatic rings.